The molecule has 4 aliphatic rings. The Hall–Kier alpha value is -0.650. The highest BCUT2D eigenvalue weighted by Gasteiger charge is 2.42. The van der Waals surface area contributed by atoms with E-state index in [0.29, 0.717) is 31.6 Å². The molecular formula is C12H21N3O2. The molecule has 4 fully saturated rings. The Labute approximate surface area is 102 Å². The standard InChI is InChI=1S/C12H21N3O2/c13-12(3-6-17-8-12)11(16)14-10-7-15-4-1-9(10)2-5-15/h9-10H,1-8,13H2,(H,14,16). The molecule has 0 radical (unpaired) electrons. The molecule has 5 nitrogen and oxygen atoms in total. The Morgan fingerprint density at radius 2 is 2.18 bits per heavy atom. The van der Waals surface area contributed by atoms with E-state index < -0.39 is 5.54 Å². The molecule has 0 aromatic carbocycles. The molecule has 2 unspecified atom stereocenters. The smallest absolute Gasteiger partial charge is 0.242 e. The summed E-state index contributed by atoms with van der Waals surface area (Å²) in [6.07, 6.45) is 3.05. The van der Waals surface area contributed by atoms with Crippen LogP contribution in [0.3, 0.4) is 0 Å². The van der Waals surface area contributed by atoms with Gasteiger partial charge in [-0.2, -0.15) is 0 Å². The Kier molecular flexibility index (Phi) is 2.84. The van der Waals surface area contributed by atoms with E-state index in [0.717, 1.165) is 6.54 Å². The normalized spacial score (nSPS) is 44.9. The zero-order valence-corrected chi connectivity index (χ0v) is 10.2. The van der Waals surface area contributed by atoms with Crippen molar-refractivity contribution in [3.05, 3.63) is 0 Å². The summed E-state index contributed by atoms with van der Waals surface area (Å²) in [4.78, 5) is 14.6. The first-order chi connectivity index (χ1) is 8.17. The van der Waals surface area contributed by atoms with E-state index in [9.17, 15) is 4.79 Å². The van der Waals surface area contributed by atoms with Crippen LogP contribution in [-0.4, -0.2) is 55.2 Å². The van der Waals surface area contributed by atoms with Gasteiger partial charge in [0, 0.05) is 19.2 Å². The number of piperidine rings is 3. The first kappa shape index (κ1) is 11.4. The topological polar surface area (TPSA) is 67.6 Å². The van der Waals surface area contributed by atoms with Gasteiger partial charge in [-0.15, -0.1) is 0 Å². The highest BCUT2D eigenvalue weighted by atomic mass is 16.5. The SMILES string of the molecule is NC1(C(=O)NC2CN3CCC2CC3)CCOC1. The van der Waals surface area contributed by atoms with E-state index in [1.807, 2.05) is 0 Å². The van der Waals surface area contributed by atoms with Crippen molar-refractivity contribution >= 4 is 5.91 Å². The molecule has 1 amide bonds. The molecule has 2 bridgehead atoms. The van der Waals surface area contributed by atoms with E-state index in [1.165, 1.54) is 25.9 Å². The van der Waals surface area contributed by atoms with Gasteiger partial charge in [-0.05, 0) is 38.3 Å². The van der Waals surface area contributed by atoms with Crippen LogP contribution >= 0.6 is 0 Å². The van der Waals surface area contributed by atoms with Crippen molar-refractivity contribution in [2.24, 2.45) is 11.7 Å². The molecule has 0 aliphatic carbocycles. The van der Waals surface area contributed by atoms with Gasteiger partial charge in [0.05, 0.1) is 6.61 Å². The lowest BCUT2D eigenvalue weighted by molar-refractivity contribution is -0.128. The number of hydrogen-bond acceptors (Lipinski definition) is 4. The lowest BCUT2D eigenvalue weighted by Gasteiger charge is -2.45. The molecule has 4 heterocycles. The maximum atomic E-state index is 12.2. The summed E-state index contributed by atoms with van der Waals surface area (Å²) in [6.45, 7) is 4.33. The van der Waals surface area contributed by atoms with Gasteiger partial charge in [0.15, 0.2) is 0 Å². The van der Waals surface area contributed by atoms with Gasteiger partial charge >= 0.3 is 0 Å². The number of nitrogens with one attached hydrogen (secondary N) is 1. The van der Waals surface area contributed by atoms with Gasteiger partial charge in [0.2, 0.25) is 5.91 Å². The van der Waals surface area contributed by atoms with Gasteiger partial charge in [-0.1, -0.05) is 0 Å². The van der Waals surface area contributed by atoms with Gasteiger partial charge in [0.25, 0.3) is 0 Å². The van der Waals surface area contributed by atoms with E-state index in [2.05, 4.69) is 10.2 Å². The van der Waals surface area contributed by atoms with Crippen molar-refractivity contribution in [3.63, 3.8) is 0 Å². The third-order valence-electron chi connectivity index (χ3n) is 4.48. The molecule has 3 N–H and O–H groups in total. The lowest BCUT2D eigenvalue weighted by atomic mass is 9.83. The number of carbonyl (C=O) groups is 1. The monoisotopic (exact) mass is 239 g/mol. The average Bonchev–Trinajstić information content (AvgIpc) is 2.79. The highest BCUT2D eigenvalue weighted by Crippen LogP contribution is 2.28. The lowest BCUT2D eigenvalue weighted by Crippen LogP contribution is -2.63. The van der Waals surface area contributed by atoms with Crippen molar-refractivity contribution in [1.82, 2.24) is 10.2 Å². The van der Waals surface area contributed by atoms with Crippen LogP contribution in [0.15, 0.2) is 0 Å². The van der Waals surface area contributed by atoms with Crippen LogP contribution in [0.25, 0.3) is 0 Å². The third kappa shape index (κ3) is 2.07. The van der Waals surface area contributed by atoms with E-state index >= 15 is 0 Å². The number of fused-ring (bicyclic) bond motifs is 3. The second-order valence-electron chi connectivity index (χ2n) is 5.68. The molecule has 4 rings (SSSR count). The van der Waals surface area contributed by atoms with Crippen molar-refractivity contribution in [1.29, 1.82) is 0 Å². The maximum absolute atomic E-state index is 12.2. The van der Waals surface area contributed by atoms with Crippen LogP contribution in [0.1, 0.15) is 19.3 Å². The van der Waals surface area contributed by atoms with Crippen molar-refractivity contribution in [2.75, 3.05) is 32.8 Å². The minimum atomic E-state index is -0.786. The summed E-state index contributed by atoms with van der Waals surface area (Å²) < 4.78 is 5.24. The van der Waals surface area contributed by atoms with Crippen molar-refractivity contribution < 1.29 is 9.53 Å². The Bertz CT molecular complexity index is 307. The molecule has 17 heavy (non-hydrogen) atoms. The molecule has 2 atom stereocenters. The zero-order chi connectivity index (χ0) is 11.9. The number of nitrogens with zero attached hydrogens (tertiary/aromatic N) is 1. The minimum Gasteiger partial charge on any atom is -0.379 e. The summed E-state index contributed by atoms with van der Waals surface area (Å²) in [5, 5.41) is 3.15. The van der Waals surface area contributed by atoms with Gasteiger partial charge in [0.1, 0.15) is 5.54 Å². The number of ether oxygens (including phenoxy) is 1. The third-order valence-corrected chi connectivity index (χ3v) is 4.48. The number of rotatable bonds is 2. The fraction of sp³-hybridized carbons (Fsp3) is 0.917. The highest BCUT2D eigenvalue weighted by molar-refractivity contribution is 5.86. The predicted octanol–water partition coefficient (Wildman–Crippen LogP) is -0.685. The van der Waals surface area contributed by atoms with Crippen LogP contribution in [-0.2, 0) is 9.53 Å². The molecule has 4 aliphatic heterocycles. The Balaban J connectivity index is 1.61. The first-order valence-corrected chi connectivity index (χ1v) is 6.57. The summed E-state index contributed by atoms with van der Waals surface area (Å²) in [5.74, 6) is 0.628. The van der Waals surface area contributed by atoms with E-state index in [4.69, 9.17) is 10.5 Å². The molecule has 0 aromatic heterocycles. The van der Waals surface area contributed by atoms with Crippen molar-refractivity contribution in [3.8, 4) is 0 Å². The fourth-order valence-corrected chi connectivity index (χ4v) is 3.20. The van der Waals surface area contributed by atoms with Crippen LogP contribution < -0.4 is 11.1 Å². The summed E-state index contributed by atoms with van der Waals surface area (Å²) in [5.41, 5.74) is 5.28. The van der Waals surface area contributed by atoms with Gasteiger partial charge in [-0.25, -0.2) is 0 Å². The minimum absolute atomic E-state index is 0.0197. The molecule has 4 saturated heterocycles. The van der Waals surface area contributed by atoms with E-state index in [-0.39, 0.29) is 5.91 Å². The van der Waals surface area contributed by atoms with Crippen LogP contribution in [0, 0.1) is 5.92 Å². The Morgan fingerprint density at radius 1 is 1.41 bits per heavy atom. The summed E-state index contributed by atoms with van der Waals surface area (Å²) >= 11 is 0. The molecule has 96 valence electrons. The van der Waals surface area contributed by atoms with Crippen LogP contribution in [0.2, 0.25) is 0 Å². The van der Waals surface area contributed by atoms with Crippen LogP contribution in [0.5, 0.6) is 0 Å². The van der Waals surface area contributed by atoms with Crippen molar-refractivity contribution in [2.45, 2.75) is 30.8 Å². The van der Waals surface area contributed by atoms with E-state index in [1.54, 1.807) is 0 Å². The number of nitrogens with two attached hydrogens (primary N) is 1. The van der Waals surface area contributed by atoms with Crippen LogP contribution in [0.4, 0.5) is 0 Å². The Morgan fingerprint density at radius 3 is 2.71 bits per heavy atom. The summed E-state index contributed by atoms with van der Waals surface area (Å²) in [6, 6.07) is 0.297. The zero-order valence-electron chi connectivity index (χ0n) is 10.2. The fourth-order valence-electron chi connectivity index (χ4n) is 3.20. The second-order valence-corrected chi connectivity index (χ2v) is 5.68. The number of carbonyl (C=O) groups excluding carboxylic acids is 1. The molecule has 0 spiro atoms. The second kappa shape index (κ2) is 4.23. The maximum Gasteiger partial charge on any atom is 0.242 e. The summed E-state index contributed by atoms with van der Waals surface area (Å²) in [7, 11) is 0. The molecule has 5 heteroatoms. The number of hydrogen-bond donors (Lipinski definition) is 2. The predicted molar refractivity (Wildman–Crippen MR) is 63.4 cm³/mol. The molecule has 0 saturated carbocycles. The average molecular weight is 239 g/mol. The van der Waals surface area contributed by atoms with Gasteiger partial charge in [-0.3, -0.25) is 4.79 Å². The quantitative estimate of drug-likeness (QED) is 0.669. The first-order valence-electron chi connectivity index (χ1n) is 6.57. The van der Waals surface area contributed by atoms with Gasteiger partial charge < -0.3 is 20.7 Å². The number of amides is 1. The largest absolute Gasteiger partial charge is 0.379 e. The molecule has 0 aromatic rings. The molecular weight excluding hydrogens is 218 g/mol.